The van der Waals surface area contributed by atoms with Gasteiger partial charge in [-0.15, -0.1) is 0 Å². The summed E-state index contributed by atoms with van der Waals surface area (Å²) in [4.78, 5) is 21.5. The third kappa shape index (κ3) is 2.72. The third-order valence-corrected chi connectivity index (χ3v) is 4.62. The molecule has 2 heteroatoms. The van der Waals surface area contributed by atoms with Gasteiger partial charge in [0.15, 0.2) is 0 Å². The van der Waals surface area contributed by atoms with Crippen LogP contribution in [0.25, 0.3) is 0 Å². The quantitative estimate of drug-likeness (QED) is 0.688. The van der Waals surface area contributed by atoms with Crippen molar-refractivity contribution in [2.24, 2.45) is 23.7 Å². The Morgan fingerprint density at radius 3 is 2.00 bits per heavy atom. The molecule has 0 N–H and O–H groups in total. The van der Waals surface area contributed by atoms with Crippen LogP contribution in [-0.2, 0) is 9.59 Å². The van der Waals surface area contributed by atoms with Gasteiger partial charge >= 0.3 is 0 Å². The highest BCUT2D eigenvalue weighted by molar-refractivity contribution is 5.54. The molecule has 16 heavy (non-hydrogen) atoms. The van der Waals surface area contributed by atoms with Gasteiger partial charge in [-0.25, -0.2) is 0 Å². The fraction of sp³-hybridized carbons (Fsp3) is 0.857. The largest absolute Gasteiger partial charge is 0.303 e. The second-order valence-electron chi connectivity index (χ2n) is 5.63. The molecular formula is C14H22O2. The lowest BCUT2D eigenvalue weighted by molar-refractivity contribution is -0.112. The first-order valence-electron chi connectivity index (χ1n) is 6.74. The average molecular weight is 222 g/mol. The van der Waals surface area contributed by atoms with Gasteiger partial charge in [0.2, 0.25) is 0 Å². The molecule has 0 aromatic carbocycles. The zero-order valence-corrected chi connectivity index (χ0v) is 9.94. The van der Waals surface area contributed by atoms with Crippen molar-refractivity contribution >= 4 is 12.6 Å². The molecule has 2 rings (SSSR count). The molecule has 2 nitrogen and oxygen atoms in total. The van der Waals surface area contributed by atoms with E-state index in [1.807, 2.05) is 0 Å². The van der Waals surface area contributed by atoms with Crippen LogP contribution in [0.3, 0.4) is 0 Å². The predicted molar refractivity (Wildman–Crippen MR) is 63.0 cm³/mol. The molecule has 0 bridgehead atoms. The maximum atomic E-state index is 10.8. The van der Waals surface area contributed by atoms with Crippen molar-refractivity contribution in [3.8, 4) is 0 Å². The van der Waals surface area contributed by atoms with Crippen LogP contribution in [0, 0.1) is 23.7 Å². The van der Waals surface area contributed by atoms with Crippen LogP contribution in [0.1, 0.15) is 51.4 Å². The van der Waals surface area contributed by atoms with Crippen molar-refractivity contribution in [3.63, 3.8) is 0 Å². The van der Waals surface area contributed by atoms with Gasteiger partial charge in [-0.1, -0.05) is 12.8 Å². The number of hydrogen-bond donors (Lipinski definition) is 0. The number of carbonyl (C=O) groups is 2. The molecule has 0 saturated heterocycles. The van der Waals surface area contributed by atoms with Crippen molar-refractivity contribution in [1.29, 1.82) is 0 Å². The minimum absolute atomic E-state index is 0.321. The summed E-state index contributed by atoms with van der Waals surface area (Å²) in [5, 5.41) is 0. The Morgan fingerprint density at radius 1 is 0.688 bits per heavy atom. The molecule has 90 valence electrons. The standard InChI is InChI=1S/C14H22O2/c15-9-11-4-6-13(7-5-11)14-3-1-2-12(8-14)10-16/h9-14H,1-8H2. The molecule has 0 radical (unpaired) electrons. The van der Waals surface area contributed by atoms with Crippen LogP contribution in [0.4, 0.5) is 0 Å². The Balaban J connectivity index is 1.83. The van der Waals surface area contributed by atoms with Crippen LogP contribution in [-0.4, -0.2) is 12.6 Å². The van der Waals surface area contributed by atoms with E-state index < -0.39 is 0 Å². The van der Waals surface area contributed by atoms with Crippen molar-refractivity contribution in [2.75, 3.05) is 0 Å². The van der Waals surface area contributed by atoms with Gasteiger partial charge in [0.25, 0.3) is 0 Å². The molecule has 2 atom stereocenters. The van der Waals surface area contributed by atoms with E-state index in [9.17, 15) is 9.59 Å². The van der Waals surface area contributed by atoms with Crippen LogP contribution < -0.4 is 0 Å². The van der Waals surface area contributed by atoms with Crippen LogP contribution >= 0.6 is 0 Å². The second-order valence-corrected chi connectivity index (χ2v) is 5.63. The number of rotatable bonds is 3. The summed E-state index contributed by atoms with van der Waals surface area (Å²) in [6.07, 6.45) is 11.6. The highest BCUT2D eigenvalue weighted by Crippen LogP contribution is 2.40. The minimum atomic E-state index is 0.321. The molecule has 2 aliphatic carbocycles. The predicted octanol–water partition coefficient (Wildman–Crippen LogP) is 3.00. The molecule has 2 fully saturated rings. The van der Waals surface area contributed by atoms with Crippen LogP contribution in [0.15, 0.2) is 0 Å². The van der Waals surface area contributed by atoms with Gasteiger partial charge < -0.3 is 9.59 Å². The van der Waals surface area contributed by atoms with E-state index in [2.05, 4.69) is 0 Å². The van der Waals surface area contributed by atoms with Gasteiger partial charge in [0, 0.05) is 11.8 Å². The maximum Gasteiger partial charge on any atom is 0.123 e. The fourth-order valence-electron chi connectivity index (χ4n) is 3.57. The van der Waals surface area contributed by atoms with Crippen LogP contribution in [0.2, 0.25) is 0 Å². The van der Waals surface area contributed by atoms with E-state index in [-0.39, 0.29) is 0 Å². The van der Waals surface area contributed by atoms with Gasteiger partial charge in [0.1, 0.15) is 12.6 Å². The Kier molecular flexibility index (Phi) is 4.14. The normalized spacial score (nSPS) is 40.2. The molecule has 0 amide bonds. The molecule has 0 spiro atoms. The SMILES string of the molecule is O=CC1CCC(C2CCCC(C=O)C2)CC1. The molecule has 2 unspecified atom stereocenters. The summed E-state index contributed by atoms with van der Waals surface area (Å²) in [6, 6.07) is 0. The maximum absolute atomic E-state index is 10.8. The molecule has 0 aliphatic heterocycles. The lowest BCUT2D eigenvalue weighted by Crippen LogP contribution is -2.27. The highest BCUT2D eigenvalue weighted by atomic mass is 16.1. The van der Waals surface area contributed by atoms with E-state index in [1.54, 1.807) is 0 Å². The smallest absolute Gasteiger partial charge is 0.123 e. The van der Waals surface area contributed by atoms with Crippen LogP contribution in [0.5, 0.6) is 0 Å². The first-order valence-corrected chi connectivity index (χ1v) is 6.74. The summed E-state index contributed by atoms with van der Waals surface area (Å²) < 4.78 is 0. The average Bonchev–Trinajstić information content (AvgIpc) is 2.39. The molecule has 2 saturated carbocycles. The van der Waals surface area contributed by atoms with Crippen molar-refractivity contribution in [3.05, 3.63) is 0 Å². The van der Waals surface area contributed by atoms with Gasteiger partial charge in [-0.2, -0.15) is 0 Å². The summed E-state index contributed by atoms with van der Waals surface area (Å²) in [5.41, 5.74) is 0. The van der Waals surface area contributed by atoms with Gasteiger partial charge in [-0.05, 0) is 50.4 Å². The van der Waals surface area contributed by atoms with E-state index in [0.29, 0.717) is 11.8 Å². The fourth-order valence-corrected chi connectivity index (χ4v) is 3.57. The first kappa shape index (κ1) is 11.8. The van der Waals surface area contributed by atoms with E-state index >= 15 is 0 Å². The van der Waals surface area contributed by atoms with Crippen molar-refractivity contribution in [2.45, 2.75) is 51.4 Å². The molecule has 0 aromatic rings. The van der Waals surface area contributed by atoms with E-state index in [1.165, 1.54) is 25.7 Å². The topological polar surface area (TPSA) is 34.1 Å². The Bertz CT molecular complexity index is 241. The van der Waals surface area contributed by atoms with E-state index in [0.717, 1.165) is 50.1 Å². The Labute approximate surface area is 97.8 Å². The monoisotopic (exact) mass is 222 g/mol. The highest BCUT2D eigenvalue weighted by Gasteiger charge is 2.31. The summed E-state index contributed by atoms with van der Waals surface area (Å²) in [7, 11) is 0. The van der Waals surface area contributed by atoms with Crippen molar-refractivity contribution < 1.29 is 9.59 Å². The molecule has 0 aromatic heterocycles. The number of carbonyl (C=O) groups excluding carboxylic acids is 2. The first-order chi connectivity index (χ1) is 7.83. The lowest BCUT2D eigenvalue weighted by Gasteiger charge is -2.36. The molecule has 0 heterocycles. The summed E-state index contributed by atoms with van der Waals surface area (Å²) in [5.74, 6) is 2.19. The number of aldehydes is 2. The Hall–Kier alpha value is -0.660. The third-order valence-electron chi connectivity index (χ3n) is 4.62. The Morgan fingerprint density at radius 2 is 1.38 bits per heavy atom. The lowest BCUT2D eigenvalue weighted by atomic mass is 9.69. The second kappa shape index (κ2) is 5.60. The zero-order chi connectivity index (χ0) is 11.4. The van der Waals surface area contributed by atoms with Gasteiger partial charge in [-0.3, -0.25) is 0 Å². The number of hydrogen-bond acceptors (Lipinski definition) is 2. The van der Waals surface area contributed by atoms with Crippen molar-refractivity contribution in [1.82, 2.24) is 0 Å². The molecule has 2 aliphatic rings. The van der Waals surface area contributed by atoms with E-state index in [4.69, 9.17) is 0 Å². The summed E-state index contributed by atoms with van der Waals surface area (Å²) >= 11 is 0. The summed E-state index contributed by atoms with van der Waals surface area (Å²) in [6.45, 7) is 0. The molecular weight excluding hydrogens is 200 g/mol. The van der Waals surface area contributed by atoms with Gasteiger partial charge in [0.05, 0.1) is 0 Å². The zero-order valence-electron chi connectivity index (χ0n) is 9.94. The minimum Gasteiger partial charge on any atom is -0.303 e.